The van der Waals surface area contributed by atoms with E-state index in [1.807, 2.05) is 5.38 Å². The minimum absolute atomic E-state index is 0.279. The lowest BCUT2D eigenvalue weighted by atomic mass is 10.0. The summed E-state index contributed by atoms with van der Waals surface area (Å²) >= 11 is 4.70. The third kappa shape index (κ3) is 2.90. The molecule has 1 unspecified atom stereocenters. The Hall–Kier alpha value is -0.820. The minimum Gasteiger partial charge on any atom is -0.271 e. The van der Waals surface area contributed by atoms with E-state index in [0.29, 0.717) is 16.5 Å². The molecular weight excluding hydrogens is 305 g/mol. The summed E-state index contributed by atoms with van der Waals surface area (Å²) < 4.78 is 14.3. The first-order chi connectivity index (χ1) is 8.22. The van der Waals surface area contributed by atoms with Crippen LogP contribution in [-0.4, -0.2) is 4.98 Å². The summed E-state index contributed by atoms with van der Waals surface area (Å²) in [7, 11) is 0. The molecule has 0 fully saturated rings. The van der Waals surface area contributed by atoms with E-state index in [1.165, 1.54) is 11.3 Å². The van der Waals surface area contributed by atoms with Gasteiger partial charge in [0.2, 0.25) is 0 Å². The standard InChI is InChI=1S/C11H11BrFN3S/c12-8-3-1-2-7(11(8)13)9(16-14)6-10-15-4-5-17-10/h1-5,9,16H,6,14H2. The molecule has 0 saturated carbocycles. The fraction of sp³-hybridized carbons (Fsp3) is 0.182. The summed E-state index contributed by atoms with van der Waals surface area (Å²) in [5.41, 5.74) is 3.17. The molecule has 2 aromatic rings. The van der Waals surface area contributed by atoms with Crippen LogP contribution in [0.15, 0.2) is 34.2 Å². The Balaban J connectivity index is 2.26. The molecule has 0 aliphatic rings. The molecule has 1 heterocycles. The number of nitrogens with two attached hydrogens (primary N) is 1. The zero-order valence-electron chi connectivity index (χ0n) is 8.86. The first kappa shape index (κ1) is 12.6. The van der Waals surface area contributed by atoms with Gasteiger partial charge in [-0.2, -0.15) is 0 Å². The molecule has 2 rings (SSSR count). The predicted octanol–water partition coefficient (Wildman–Crippen LogP) is 2.79. The van der Waals surface area contributed by atoms with Gasteiger partial charge in [0.15, 0.2) is 0 Å². The normalized spacial score (nSPS) is 12.6. The minimum atomic E-state index is -0.285. The highest BCUT2D eigenvalue weighted by Crippen LogP contribution is 2.26. The summed E-state index contributed by atoms with van der Waals surface area (Å²) in [6.45, 7) is 0. The molecule has 0 aliphatic heterocycles. The molecule has 0 radical (unpaired) electrons. The second-order valence-electron chi connectivity index (χ2n) is 3.49. The Labute approximate surface area is 111 Å². The van der Waals surface area contributed by atoms with E-state index in [9.17, 15) is 4.39 Å². The fourth-order valence-electron chi connectivity index (χ4n) is 1.58. The van der Waals surface area contributed by atoms with Gasteiger partial charge in [-0.3, -0.25) is 11.3 Å². The molecule has 90 valence electrons. The number of halogens is 2. The summed E-state index contributed by atoms with van der Waals surface area (Å²) in [5.74, 6) is 5.20. The first-order valence-corrected chi connectivity index (χ1v) is 6.68. The van der Waals surface area contributed by atoms with Gasteiger partial charge in [0, 0.05) is 23.6 Å². The van der Waals surface area contributed by atoms with E-state index in [2.05, 4.69) is 26.3 Å². The van der Waals surface area contributed by atoms with Gasteiger partial charge >= 0.3 is 0 Å². The number of hydrogen-bond donors (Lipinski definition) is 2. The number of nitrogens with one attached hydrogen (secondary N) is 1. The van der Waals surface area contributed by atoms with Gasteiger partial charge in [-0.05, 0) is 22.0 Å². The maximum Gasteiger partial charge on any atom is 0.142 e. The van der Waals surface area contributed by atoms with Crippen LogP contribution in [0.3, 0.4) is 0 Å². The number of hydrogen-bond acceptors (Lipinski definition) is 4. The van der Waals surface area contributed by atoms with E-state index < -0.39 is 0 Å². The van der Waals surface area contributed by atoms with Crippen LogP contribution in [0.5, 0.6) is 0 Å². The zero-order valence-corrected chi connectivity index (χ0v) is 11.3. The van der Waals surface area contributed by atoms with Gasteiger partial charge in [0.1, 0.15) is 5.82 Å². The van der Waals surface area contributed by atoms with Crippen molar-refractivity contribution in [3.8, 4) is 0 Å². The lowest BCUT2D eigenvalue weighted by Gasteiger charge is -2.16. The number of aromatic nitrogens is 1. The monoisotopic (exact) mass is 315 g/mol. The lowest BCUT2D eigenvalue weighted by Crippen LogP contribution is -2.30. The van der Waals surface area contributed by atoms with E-state index in [4.69, 9.17) is 5.84 Å². The molecule has 0 spiro atoms. The van der Waals surface area contributed by atoms with Gasteiger partial charge in [0.25, 0.3) is 0 Å². The second kappa shape index (κ2) is 5.68. The van der Waals surface area contributed by atoms with Crippen molar-refractivity contribution in [2.24, 2.45) is 5.84 Å². The topological polar surface area (TPSA) is 50.9 Å². The Morgan fingerprint density at radius 3 is 3.00 bits per heavy atom. The van der Waals surface area contributed by atoms with E-state index in [-0.39, 0.29) is 11.9 Å². The Kier molecular flexibility index (Phi) is 4.22. The molecule has 0 bridgehead atoms. The molecule has 1 aromatic heterocycles. The van der Waals surface area contributed by atoms with E-state index in [1.54, 1.807) is 24.4 Å². The van der Waals surface area contributed by atoms with Crippen LogP contribution in [0.4, 0.5) is 4.39 Å². The third-order valence-electron chi connectivity index (χ3n) is 2.42. The number of benzene rings is 1. The van der Waals surface area contributed by atoms with Gasteiger partial charge in [-0.15, -0.1) is 11.3 Å². The Bertz CT molecular complexity index is 489. The van der Waals surface area contributed by atoms with Crippen molar-refractivity contribution in [1.29, 1.82) is 0 Å². The number of nitrogens with zero attached hydrogens (tertiary/aromatic N) is 1. The van der Waals surface area contributed by atoms with Crippen LogP contribution < -0.4 is 11.3 Å². The van der Waals surface area contributed by atoms with Gasteiger partial charge in [0.05, 0.1) is 15.5 Å². The van der Waals surface area contributed by atoms with Crippen molar-refractivity contribution in [1.82, 2.24) is 10.4 Å². The Morgan fingerprint density at radius 2 is 2.35 bits per heavy atom. The SMILES string of the molecule is NNC(Cc1nccs1)c1cccc(Br)c1F. The molecule has 1 aromatic carbocycles. The quantitative estimate of drug-likeness (QED) is 0.674. The average molecular weight is 316 g/mol. The molecule has 17 heavy (non-hydrogen) atoms. The van der Waals surface area contributed by atoms with Crippen LogP contribution in [0.1, 0.15) is 16.6 Å². The first-order valence-electron chi connectivity index (χ1n) is 5.00. The second-order valence-corrected chi connectivity index (χ2v) is 5.33. The summed E-state index contributed by atoms with van der Waals surface area (Å²) in [4.78, 5) is 4.17. The molecule has 3 nitrogen and oxygen atoms in total. The lowest BCUT2D eigenvalue weighted by molar-refractivity contribution is 0.507. The van der Waals surface area contributed by atoms with Crippen LogP contribution in [-0.2, 0) is 6.42 Å². The maximum absolute atomic E-state index is 13.9. The molecule has 0 amide bonds. The van der Waals surface area contributed by atoms with E-state index >= 15 is 0 Å². The number of rotatable bonds is 4. The molecule has 0 saturated heterocycles. The van der Waals surface area contributed by atoms with Gasteiger partial charge < -0.3 is 0 Å². The van der Waals surface area contributed by atoms with Crippen molar-refractivity contribution in [2.75, 3.05) is 0 Å². The third-order valence-corrected chi connectivity index (χ3v) is 3.83. The summed E-state index contributed by atoms with van der Waals surface area (Å²) in [5, 5.41) is 2.81. The highest BCUT2D eigenvalue weighted by atomic mass is 79.9. The van der Waals surface area contributed by atoms with Crippen LogP contribution >= 0.6 is 27.3 Å². The molecule has 6 heteroatoms. The molecule has 1 atom stereocenters. The van der Waals surface area contributed by atoms with Crippen molar-refractivity contribution < 1.29 is 4.39 Å². The van der Waals surface area contributed by atoms with Gasteiger partial charge in [-0.1, -0.05) is 12.1 Å². The van der Waals surface area contributed by atoms with Crippen LogP contribution in [0, 0.1) is 5.82 Å². The van der Waals surface area contributed by atoms with Crippen LogP contribution in [0.25, 0.3) is 0 Å². The molecule has 0 aliphatic carbocycles. The highest BCUT2D eigenvalue weighted by Gasteiger charge is 2.17. The van der Waals surface area contributed by atoms with Crippen molar-refractivity contribution in [3.63, 3.8) is 0 Å². The number of thiazole rings is 1. The van der Waals surface area contributed by atoms with Crippen molar-refractivity contribution in [3.05, 3.63) is 50.6 Å². The summed E-state index contributed by atoms with van der Waals surface area (Å²) in [6.07, 6.45) is 2.30. The highest BCUT2D eigenvalue weighted by molar-refractivity contribution is 9.10. The van der Waals surface area contributed by atoms with Crippen LogP contribution in [0.2, 0.25) is 0 Å². The van der Waals surface area contributed by atoms with Crippen molar-refractivity contribution >= 4 is 27.3 Å². The van der Waals surface area contributed by atoms with Gasteiger partial charge in [-0.25, -0.2) is 9.37 Å². The number of hydrazine groups is 1. The maximum atomic E-state index is 13.9. The fourth-order valence-corrected chi connectivity index (χ4v) is 2.62. The Morgan fingerprint density at radius 1 is 1.53 bits per heavy atom. The molecule has 3 N–H and O–H groups in total. The smallest absolute Gasteiger partial charge is 0.142 e. The average Bonchev–Trinajstić information content (AvgIpc) is 2.83. The largest absolute Gasteiger partial charge is 0.271 e. The van der Waals surface area contributed by atoms with Crippen molar-refractivity contribution in [2.45, 2.75) is 12.5 Å². The predicted molar refractivity (Wildman–Crippen MR) is 70.0 cm³/mol. The summed E-state index contributed by atoms with van der Waals surface area (Å²) in [6, 6.07) is 4.89. The zero-order chi connectivity index (χ0) is 12.3. The van der Waals surface area contributed by atoms with E-state index in [0.717, 1.165) is 5.01 Å². The molecular formula is C11H11BrFN3S.